The maximum Gasteiger partial charge on any atom is 0.416 e. The van der Waals surface area contributed by atoms with Crippen molar-refractivity contribution in [2.45, 2.75) is 25.4 Å². The monoisotopic (exact) mass is 443 g/mol. The molecule has 2 aromatic heterocycles. The van der Waals surface area contributed by atoms with Crippen molar-refractivity contribution in [1.29, 1.82) is 0 Å². The van der Waals surface area contributed by atoms with Gasteiger partial charge in [0.15, 0.2) is 5.69 Å². The molecule has 0 amide bonds. The van der Waals surface area contributed by atoms with Crippen LogP contribution in [0, 0.1) is 0 Å². The predicted octanol–water partition coefficient (Wildman–Crippen LogP) is 4.29. The molecule has 8 nitrogen and oxygen atoms in total. The zero-order valence-corrected chi connectivity index (χ0v) is 16.7. The lowest BCUT2D eigenvalue weighted by Crippen LogP contribution is -2.22. The highest BCUT2D eigenvalue weighted by atomic mass is 19.4. The Hall–Kier alpha value is -3.73. The number of hydrogen-bond acceptors (Lipinski definition) is 7. The van der Waals surface area contributed by atoms with Crippen molar-refractivity contribution in [2.24, 2.45) is 0 Å². The van der Waals surface area contributed by atoms with Crippen molar-refractivity contribution < 1.29 is 27.2 Å². The van der Waals surface area contributed by atoms with Gasteiger partial charge in [-0.15, -0.1) is 5.10 Å². The molecule has 0 fully saturated rings. The number of nitrogens with zero attached hydrogens (tertiary/aromatic N) is 5. The molecule has 0 aliphatic carbocycles. The van der Waals surface area contributed by atoms with E-state index in [9.17, 15) is 13.2 Å². The fraction of sp³-hybridized carbons (Fsp3) is 0.238. The Morgan fingerprint density at radius 3 is 2.69 bits per heavy atom. The van der Waals surface area contributed by atoms with Gasteiger partial charge in [-0.3, -0.25) is 0 Å². The normalized spacial score (nSPS) is 16.1. The zero-order chi connectivity index (χ0) is 22.3. The quantitative estimate of drug-likeness (QED) is 0.465. The SMILES string of the molecule is COc1ccc([C@H]2Cn3nnc(-c4nc(-c5cccc(C(F)(F)F)c5)no4)c3CO2)cc1. The standard InChI is InChI=1S/C21H16F3N5O3/c1-30-15-7-5-12(6-8-15)17-10-29-16(11-31-17)18(26-28-29)20-25-19(27-32-20)13-3-2-4-14(9-13)21(22,23)24/h2-9,17H,10-11H2,1H3/t17-/m1/s1. The summed E-state index contributed by atoms with van der Waals surface area (Å²) in [4.78, 5) is 4.22. The molecule has 0 radical (unpaired) electrons. The van der Waals surface area contributed by atoms with Gasteiger partial charge in [-0.05, 0) is 29.8 Å². The minimum atomic E-state index is -4.47. The molecule has 32 heavy (non-hydrogen) atoms. The maximum absolute atomic E-state index is 13.0. The van der Waals surface area contributed by atoms with Crippen LogP contribution in [0.3, 0.4) is 0 Å². The average molecular weight is 443 g/mol. The number of aromatic nitrogens is 5. The Labute approximate surface area is 179 Å². The molecule has 0 unspecified atom stereocenters. The first kappa shape index (κ1) is 20.2. The summed E-state index contributed by atoms with van der Waals surface area (Å²) in [5, 5.41) is 12.1. The van der Waals surface area contributed by atoms with E-state index in [1.165, 1.54) is 12.1 Å². The number of alkyl halides is 3. The number of ether oxygens (including phenoxy) is 2. The second-order valence-electron chi connectivity index (χ2n) is 7.14. The summed E-state index contributed by atoms with van der Waals surface area (Å²) in [5.41, 5.74) is 1.35. The largest absolute Gasteiger partial charge is 0.497 e. The summed E-state index contributed by atoms with van der Waals surface area (Å²) in [7, 11) is 1.60. The summed E-state index contributed by atoms with van der Waals surface area (Å²) < 4.78 is 57.1. The summed E-state index contributed by atoms with van der Waals surface area (Å²) in [6.07, 6.45) is -4.68. The molecule has 3 heterocycles. The summed E-state index contributed by atoms with van der Waals surface area (Å²) in [6, 6.07) is 12.3. The van der Waals surface area contributed by atoms with Crippen LogP contribution >= 0.6 is 0 Å². The van der Waals surface area contributed by atoms with Crippen molar-refractivity contribution >= 4 is 0 Å². The minimum Gasteiger partial charge on any atom is -0.497 e. The molecule has 0 N–H and O–H groups in total. The van der Waals surface area contributed by atoms with Gasteiger partial charge in [-0.25, -0.2) is 4.68 Å². The van der Waals surface area contributed by atoms with Gasteiger partial charge in [0.2, 0.25) is 5.82 Å². The zero-order valence-electron chi connectivity index (χ0n) is 16.7. The van der Waals surface area contributed by atoms with E-state index in [1.807, 2.05) is 24.3 Å². The highest BCUT2D eigenvalue weighted by molar-refractivity contribution is 5.59. The van der Waals surface area contributed by atoms with E-state index in [2.05, 4.69) is 20.5 Å². The third-order valence-electron chi connectivity index (χ3n) is 5.16. The van der Waals surface area contributed by atoms with E-state index in [0.29, 0.717) is 17.9 Å². The number of hydrogen-bond donors (Lipinski definition) is 0. The Morgan fingerprint density at radius 2 is 1.94 bits per heavy atom. The van der Waals surface area contributed by atoms with Crippen LogP contribution in [0.2, 0.25) is 0 Å². The first-order valence-electron chi connectivity index (χ1n) is 9.62. The highest BCUT2D eigenvalue weighted by Gasteiger charge is 2.31. The van der Waals surface area contributed by atoms with Gasteiger partial charge in [0.25, 0.3) is 5.89 Å². The number of fused-ring (bicyclic) bond motifs is 1. The lowest BCUT2D eigenvalue weighted by molar-refractivity contribution is -0.137. The average Bonchev–Trinajstić information content (AvgIpc) is 3.45. The third-order valence-corrected chi connectivity index (χ3v) is 5.16. The summed E-state index contributed by atoms with van der Waals surface area (Å²) >= 11 is 0. The van der Waals surface area contributed by atoms with E-state index in [-0.39, 0.29) is 30.0 Å². The van der Waals surface area contributed by atoms with Crippen LogP contribution in [0.15, 0.2) is 53.1 Å². The first-order valence-corrected chi connectivity index (χ1v) is 9.62. The van der Waals surface area contributed by atoms with Crippen LogP contribution in [0.5, 0.6) is 5.75 Å². The fourth-order valence-electron chi connectivity index (χ4n) is 3.47. The number of methoxy groups -OCH3 is 1. The number of halogens is 3. The smallest absolute Gasteiger partial charge is 0.416 e. The Kier molecular flexibility index (Phi) is 4.89. The second-order valence-corrected chi connectivity index (χ2v) is 7.14. The Balaban J connectivity index is 1.38. The van der Waals surface area contributed by atoms with Crippen molar-refractivity contribution in [3.05, 3.63) is 65.4 Å². The summed E-state index contributed by atoms with van der Waals surface area (Å²) in [6.45, 7) is 0.642. The molecule has 164 valence electrons. The van der Waals surface area contributed by atoms with Gasteiger partial charge in [-0.1, -0.05) is 34.6 Å². The molecule has 0 saturated carbocycles. The van der Waals surface area contributed by atoms with Crippen LogP contribution in [-0.2, 0) is 24.1 Å². The topological polar surface area (TPSA) is 88.1 Å². The van der Waals surface area contributed by atoms with E-state index < -0.39 is 11.7 Å². The van der Waals surface area contributed by atoms with Gasteiger partial charge in [0, 0.05) is 5.56 Å². The molecule has 0 bridgehead atoms. The van der Waals surface area contributed by atoms with E-state index in [0.717, 1.165) is 23.4 Å². The Morgan fingerprint density at radius 1 is 1.12 bits per heavy atom. The third kappa shape index (κ3) is 3.71. The lowest BCUT2D eigenvalue weighted by atomic mass is 10.1. The maximum atomic E-state index is 13.0. The van der Waals surface area contributed by atoms with E-state index >= 15 is 0 Å². The molecule has 1 aliphatic heterocycles. The van der Waals surface area contributed by atoms with Crippen LogP contribution in [0.4, 0.5) is 13.2 Å². The molecule has 4 aromatic rings. The van der Waals surface area contributed by atoms with Crippen LogP contribution in [-0.4, -0.2) is 32.2 Å². The minimum absolute atomic E-state index is 0.0284. The van der Waals surface area contributed by atoms with Gasteiger partial charge in [0.05, 0.1) is 31.5 Å². The van der Waals surface area contributed by atoms with Gasteiger partial charge >= 0.3 is 6.18 Å². The fourth-order valence-corrected chi connectivity index (χ4v) is 3.47. The van der Waals surface area contributed by atoms with Crippen molar-refractivity contribution in [2.75, 3.05) is 7.11 Å². The molecule has 0 saturated heterocycles. The van der Waals surface area contributed by atoms with Gasteiger partial charge in [-0.2, -0.15) is 18.2 Å². The molecule has 0 spiro atoms. The molecule has 1 aliphatic rings. The lowest BCUT2D eigenvalue weighted by Gasteiger charge is -2.24. The molecule has 2 aromatic carbocycles. The van der Waals surface area contributed by atoms with Crippen LogP contribution in [0.1, 0.15) is 22.9 Å². The Bertz CT molecular complexity index is 1250. The molecule has 5 rings (SSSR count). The predicted molar refractivity (Wildman–Crippen MR) is 104 cm³/mol. The van der Waals surface area contributed by atoms with Crippen molar-refractivity contribution in [3.63, 3.8) is 0 Å². The van der Waals surface area contributed by atoms with Crippen LogP contribution in [0.25, 0.3) is 23.0 Å². The molecule has 11 heteroatoms. The molecular formula is C21H16F3N5O3. The van der Waals surface area contributed by atoms with Crippen molar-refractivity contribution in [3.8, 4) is 28.7 Å². The van der Waals surface area contributed by atoms with E-state index in [1.54, 1.807) is 11.8 Å². The molecule has 1 atom stereocenters. The van der Waals surface area contributed by atoms with Crippen LogP contribution < -0.4 is 4.74 Å². The molecular weight excluding hydrogens is 427 g/mol. The number of rotatable bonds is 4. The van der Waals surface area contributed by atoms with Gasteiger partial charge < -0.3 is 14.0 Å². The highest BCUT2D eigenvalue weighted by Crippen LogP contribution is 2.33. The van der Waals surface area contributed by atoms with Crippen molar-refractivity contribution in [1.82, 2.24) is 25.1 Å². The van der Waals surface area contributed by atoms with E-state index in [4.69, 9.17) is 14.0 Å². The number of benzene rings is 2. The second kappa shape index (κ2) is 7.75. The summed E-state index contributed by atoms with van der Waals surface area (Å²) in [5.74, 6) is 0.840. The van der Waals surface area contributed by atoms with Gasteiger partial charge in [0.1, 0.15) is 11.9 Å². The first-order chi connectivity index (χ1) is 15.4.